The molecule has 0 unspecified atom stereocenters. The second kappa shape index (κ2) is 7.79. The fourth-order valence-corrected chi connectivity index (χ4v) is 2.53. The van der Waals surface area contributed by atoms with Crippen molar-refractivity contribution in [1.82, 2.24) is 0 Å². The highest BCUT2D eigenvalue weighted by Gasteiger charge is 2.33. The van der Waals surface area contributed by atoms with Gasteiger partial charge in [-0.3, -0.25) is 0 Å². The van der Waals surface area contributed by atoms with Crippen molar-refractivity contribution < 1.29 is 22.6 Å². The summed E-state index contributed by atoms with van der Waals surface area (Å²) in [5.74, 6) is 0.764. The predicted molar refractivity (Wildman–Crippen MR) is 95.8 cm³/mol. The largest absolute Gasteiger partial charge is 0.495 e. The molecule has 2 aromatic carbocycles. The Labute approximate surface area is 152 Å². The lowest BCUT2D eigenvalue weighted by molar-refractivity contribution is -0.136. The van der Waals surface area contributed by atoms with E-state index >= 15 is 0 Å². The molecule has 0 radical (unpaired) electrons. The summed E-state index contributed by atoms with van der Waals surface area (Å²) in [4.78, 5) is 0. The van der Waals surface area contributed by atoms with Gasteiger partial charge in [-0.05, 0) is 30.4 Å². The Morgan fingerprint density at radius 1 is 1.00 bits per heavy atom. The first-order chi connectivity index (χ1) is 11.8. The van der Waals surface area contributed by atoms with Gasteiger partial charge in [-0.25, -0.2) is 0 Å². The minimum Gasteiger partial charge on any atom is -0.495 e. The van der Waals surface area contributed by atoms with Gasteiger partial charge in [-0.2, -0.15) is 13.2 Å². The number of hydrogen-bond acceptors (Lipinski definition) is 3. The van der Waals surface area contributed by atoms with Crippen LogP contribution in [-0.2, 0) is 6.18 Å². The molecule has 2 aromatic rings. The molecule has 0 spiro atoms. The quantitative estimate of drug-likeness (QED) is 0.704. The standard InChI is InChI=1S/C16H14ClF3N2O2S/c1-23-13-8-14(24-2)12(7-10(13)17)22-15(25)21-11-6-4-3-5-9(11)16(18,19)20/h3-8H,1-2H3,(H2,21,22,25). The number of halogens is 4. The molecule has 2 rings (SSSR count). The second-order valence-electron chi connectivity index (χ2n) is 4.81. The Kier molecular flexibility index (Phi) is 5.97. The summed E-state index contributed by atoms with van der Waals surface area (Å²) in [5.41, 5.74) is -0.597. The van der Waals surface area contributed by atoms with Gasteiger partial charge in [0.2, 0.25) is 0 Å². The number of methoxy groups -OCH3 is 2. The van der Waals surface area contributed by atoms with Crippen LogP contribution in [-0.4, -0.2) is 19.3 Å². The van der Waals surface area contributed by atoms with E-state index in [1.54, 1.807) is 0 Å². The van der Waals surface area contributed by atoms with Gasteiger partial charge in [0, 0.05) is 6.07 Å². The van der Waals surface area contributed by atoms with Crippen molar-refractivity contribution in [2.24, 2.45) is 0 Å². The van der Waals surface area contributed by atoms with E-state index in [4.69, 9.17) is 33.3 Å². The van der Waals surface area contributed by atoms with E-state index < -0.39 is 11.7 Å². The third kappa shape index (κ3) is 4.67. The zero-order valence-electron chi connectivity index (χ0n) is 13.2. The summed E-state index contributed by atoms with van der Waals surface area (Å²) < 4.78 is 49.4. The Bertz CT molecular complexity index is 784. The molecule has 0 aliphatic carbocycles. The summed E-state index contributed by atoms with van der Waals surface area (Å²) in [6.45, 7) is 0. The number of hydrogen-bond donors (Lipinski definition) is 2. The maximum Gasteiger partial charge on any atom is 0.418 e. The monoisotopic (exact) mass is 390 g/mol. The first kappa shape index (κ1) is 19.1. The Hall–Kier alpha value is -2.19. The Balaban J connectivity index is 2.23. The van der Waals surface area contributed by atoms with Crippen molar-refractivity contribution in [1.29, 1.82) is 0 Å². The van der Waals surface area contributed by atoms with Gasteiger partial charge in [0.1, 0.15) is 11.5 Å². The number of anilines is 2. The summed E-state index contributed by atoms with van der Waals surface area (Å²) in [5, 5.41) is 5.55. The highest BCUT2D eigenvalue weighted by Crippen LogP contribution is 2.37. The minimum absolute atomic E-state index is 0.0452. The maximum atomic E-state index is 13.0. The zero-order chi connectivity index (χ0) is 18.6. The molecular formula is C16H14ClF3N2O2S. The lowest BCUT2D eigenvalue weighted by Crippen LogP contribution is -2.21. The smallest absolute Gasteiger partial charge is 0.418 e. The first-order valence-electron chi connectivity index (χ1n) is 6.92. The molecule has 0 amide bonds. The number of para-hydroxylation sites is 1. The van der Waals surface area contributed by atoms with Crippen molar-refractivity contribution >= 4 is 40.3 Å². The van der Waals surface area contributed by atoms with Crippen molar-refractivity contribution in [3.05, 3.63) is 47.0 Å². The van der Waals surface area contributed by atoms with E-state index in [-0.39, 0.29) is 10.8 Å². The lowest BCUT2D eigenvalue weighted by Gasteiger charge is -2.17. The molecule has 0 heterocycles. The highest BCUT2D eigenvalue weighted by molar-refractivity contribution is 7.80. The van der Waals surface area contributed by atoms with Gasteiger partial charge in [-0.15, -0.1) is 0 Å². The Morgan fingerprint density at radius 3 is 2.20 bits per heavy atom. The van der Waals surface area contributed by atoms with Crippen LogP contribution in [0, 0.1) is 0 Å². The van der Waals surface area contributed by atoms with E-state index in [9.17, 15) is 13.2 Å². The van der Waals surface area contributed by atoms with Crippen LogP contribution in [0.25, 0.3) is 0 Å². The molecule has 0 aromatic heterocycles. The van der Waals surface area contributed by atoms with E-state index in [1.165, 1.54) is 44.6 Å². The van der Waals surface area contributed by atoms with Gasteiger partial charge < -0.3 is 20.1 Å². The molecule has 0 bridgehead atoms. The number of rotatable bonds is 4. The summed E-state index contributed by atoms with van der Waals surface area (Å²) in [6.07, 6.45) is -4.50. The van der Waals surface area contributed by atoms with Crippen LogP contribution >= 0.6 is 23.8 Å². The van der Waals surface area contributed by atoms with Crippen LogP contribution in [0.15, 0.2) is 36.4 Å². The average molecular weight is 391 g/mol. The lowest BCUT2D eigenvalue weighted by atomic mass is 10.1. The fourth-order valence-electron chi connectivity index (χ4n) is 2.07. The van der Waals surface area contributed by atoms with Gasteiger partial charge in [0.25, 0.3) is 0 Å². The van der Waals surface area contributed by atoms with E-state index in [0.717, 1.165) is 6.07 Å². The molecule has 134 valence electrons. The first-order valence-corrected chi connectivity index (χ1v) is 7.70. The van der Waals surface area contributed by atoms with Crippen LogP contribution in [0.4, 0.5) is 24.5 Å². The molecule has 0 atom stereocenters. The summed E-state index contributed by atoms with van der Waals surface area (Å²) in [7, 11) is 2.89. The normalized spacial score (nSPS) is 11.0. The topological polar surface area (TPSA) is 42.5 Å². The molecule has 0 saturated carbocycles. The predicted octanol–water partition coefficient (Wildman–Crippen LogP) is 5.18. The number of thiocarbonyl (C=S) groups is 1. The number of nitrogens with one attached hydrogen (secondary N) is 2. The number of ether oxygens (including phenoxy) is 2. The molecular weight excluding hydrogens is 377 g/mol. The van der Waals surface area contributed by atoms with E-state index in [0.29, 0.717) is 22.2 Å². The molecule has 0 saturated heterocycles. The van der Waals surface area contributed by atoms with Gasteiger partial charge in [0.05, 0.1) is 36.2 Å². The zero-order valence-corrected chi connectivity index (χ0v) is 14.8. The van der Waals surface area contributed by atoms with Gasteiger partial charge >= 0.3 is 6.18 Å². The van der Waals surface area contributed by atoms with Crippen LogP contribution < -0.4 is 20.1 Å². The molecule has 4 nitrogen and oxygen atoms in total. The summed E-state index contributed by atoms with van der Waals surface area (Å²) >= 11 is 11.1. The van der Waals surface area contributed by atoms with Crippen molar-refractivity contribution in [3.8, 4) is 11.5 Å². The van der Waals surface area contributed by atoms with Gasteiger partial charge in [0.15, 0.2) is 5.11 Å². The third-order valence-corrected chi connectivity index (χ3v) is 3.70. The van der Waals surface area contributed by atoms with Crippen LogP contribution in [0.2, 0.25) is 5.02 Å². The van der Waals surface area contributed by atoms with Crippen molar-refractivity contribution in [2.45, 2.75) is 6.18 Å². The molecule has 0 aliphatic heterocycles. The highest BCUT2D eigenvalue weighted by atomic mass is 35.5. The molecule has 0 fully saturated rings. The maximum absolute atomic E-state index is 13.0. The number of benzene rings is 2. The van der Waals surface area contributed by atoms with Crippen LogP contribution in [0.3, 0.4) is 0 Å². The van der Waals surface area contributed by atoms with Gasteiger partial charge in [-0.1, -0.05) is 23.7 Å². The third-order valence-electron chi connectivity index (χ3n) is 3.20. The second-order valence-corrected chi connectivity index (χ2v) is 5.62. The minimum atomic E-state index is -4.50. The summed E-state index contributed by atoms with van der Waals surface area (Å²) in [6, 6.07) is 8.08. The van der Waals surface area contributed by atoms with Crippen molar-refractivity contribution in [2.75, 3.05) is 24.9 Å². The average Bonchev–Trinajstić information content (AvgIpc) is 2.54. The van der Waals surface area contributed by atoms with Crippen molar-refractivity contribution in [3.63, 3.8) is 0 Å². The molecule has 25 heavy (non-hydrogen) atoms. The van der Waals surface area contributed by atoms with E-state index in [2.05, 4.69) is 10.6 Å². The van der Waals surface area contributed by atoms with E-state index in [1.807, 2.05) is 0 Å². The van der Waals surface area contributed by atoms with Crippen LogP contribution in [0.5, 0.6) is 11.5 Å². The number of alkyl halides is 3. The SMILES string of the molecule is COc1cc(OC)c(NC(=S)Nc2ccccc2C(F)(F)F)cc1Cl. The van der Waals surface area contributed by atoms with Crippen LogP contribution in [0.1, 0.15) is 5.56 Å². The fraction of sp³-hybridized carbons (Fsp3) is 0.188. The molecule has 9 heteroatoms. The molecule has 2 N–H and O–H groups in total. The molecule has 0 aliphatic rings. The Morgan fingerprint density at radius 2 is 1.60 bits per heavy atom.